The third kappa shape index (κ3) is 61.4. The summed E-state index contributed by atoms with van der Waals surface area (Å²) in [6.07, 6.45) is 96.4. The van der Waals surface area contributed by atoms with Crippen molar-refractivity contribution in [3.8, 4) is 0 Å². The van der Waals surface area contributed by atoms with Crippen molar-refractivity contribution < 1.29 is 28.6 Å². The minimum atomic E-state index is -0.854. The van der Waals surface area contributed by atoms with Crippen LogP contribution in [0, 0.1) is 0 Å². The number of esters is 3. The first-order chi connectivity index (χ1) is 38.5. The Balaban J connectivity index is 4.40. The molecule has 0 rings (SSSR count). The van der Waals surface area contributed by atoms with E-state index < -0.39 is 12.1 Å². The van der Waals surface area contributed by atoms with E-state index in [0.717, 1.165) is 154 Å². The minimum Gasteiger partial charge on any atom is -0.462 e. The van der Waals surface area contributed by atoms with Gasteiger partial charge in [-0.1, -0.05) is 254 Å². The summed E-state index contributed by atoms with van der Waals surface area (Å²) >= 11 is 0. The van der Waals surface area contributed by atoms with E-state index in [2.05, 4.69) is 191 Å². The topological polar surface area (TPSA) is 78.9 Å². The molecule has 1 atom stereocenters. The van der Waals surface area contributed by atoms with Gasteiger partial charge in [0.1, 0.15) is 13.2 Å². The van der Waals surface area contributed by atoms with Crippen molar-refractivity contribution in [2.75, 3.05) is 13.2 Å². The molecule has 0 aromatic heterocycles. The van der Waals surface area contributed by atoms with Crippen molar-refractivity contribution in [2.24, 2.45) is 0 Å². The van der Waals surface area contributed by atoms with Crippen LogP contribution in [0.4, 0.5) is 0 Å². The molecule has 0 N–H and O–H groups in total. The van der Waals surface area contributed by atoms with Crippen LogP contribution in [-0.4, -0.2) is 37.2 Å². The summed E-state index contributed by atoms with van der Waals surface area (Å²) in [6, 6.07) is 0. The van der Waals surface area contributed by atoms with E-state index in [1.54, 1.807) is 6.08 Å². The van der Waals surface area contributed by atoms with Gasteiger partial charge in [-0.15, -0.1) is 0 Å². The number of allylic oxidation sites excluding steroid dienone is 29. The number of hydrogen-bond donors (Lipinski definition) is 0. The van der Waals surface area contributed by atoms with E-state index in [9.17, 15) is 14.4 Å². The molecule has 0 bridgehead atoms. The maximum absolute atomic E-state index is 12.8. The third-order valence-electron chi connectivity index (χ3n) is 12.2. The molecule has 0 aliphatic carbocycles. The molecule has 0 aliphatic heterocycles. The van der Waals surface area contributed by atoms with Gasteiger partial charge in [0.2, 0.25) is 0 Å². The highest BCUT2D eigenvalue weighted by Gasteiger charge is 2.19. The van der Waals surface area contributed by atoms with Gasteiger partial charge in [0.15, 0.2) is 6.10 Å². The molecule has 0 fully saturated rings. The van der Waals surface area contributed by atoms with E-state index in [-0.39, 0.29) is 31.6 Å². The summed E-state index contributed by atoms with van der Waals surface area (Å²) in [5.74, 6) is -1.11. The van der Waals surface area contributed by atoms with Crippen molar-refractivity contribution in [3.63, 3.8) is 0 Å². The predicted molar refractivity (Wildman–Crippen MR) is 338 cm³/mol. The van der Waals surface area contributed by atoms with Crippen LogP contribution < -0.4 is 0 Å². The van der Waals surface area contributed by atoms with Crippen LogP contribution in [-0.2, 0) is 28.6 Å². The van der Waals surface area contributed by atoms with Gasteiger partial charge < -0.3 is 14.2 Å². The van der Waals surface area contributed by atoms with Gasteiger partial charge in [0.25, 0.3) is 0 Å². The quantitative estimate of drug-likeness (QED) is 0.0261. The van der Waals surface area contributed by atoms with Gasteiger partial charge in [-0.3, -0.25) is 14.4 Å². The molecule has 0 heterocycles. The lowest BCUT2D eigenvalue weighted by Gasteiger charge is -2.18. The van der Waals surface area contributed by atoms with Crippen molar-refractivity contribution in [1.82, 2.24) is 0 Å². The average Bonchev–Trinajstić information content (AvgIpc) is 3.44. The molecule has 0 spiro atoms. The summed E-state index contributed by atoms with van der Waals surface area (Å²) < 4.78 is 16.7. The van der Waals surface area contributed by atoms with Crippen molar-refractivity contribution in [2.45, 2.75) is 239 Å². The van der Waals surface area contributed by atoms with Crippen LogP contribution in [0.1, 0.15) is 233 Å². The van der Waals surface area contributed by atoms with Gasteiger partial charge in [0.05, 0.1) is 6.42 Å². The van der Waals surface area contributed by atoms with Crippen LogP contribution >= 0.6 is 0 Å². The largest absolute Gasteiger partial charge is 0.462 e. The highest BCUT2D eigenvalue weighted by atomic mass is 16.6. The summed E-state index contributed by atoms with van der Waals surface area (Å²) in [4.78, 5) is 38.1. The summed E-state index contributed by atoms with van der Waals surface area (Å²) in [5.41, 5.74) is 0. The fraction of sp³-hybridized carbons (Fsp3) is 0.542. The van der Waals surface area contributed by atoms with E-state index >= 15 is 0 Å². The van der Waals surface area contributed by atoms with E-state index in [1.165, 1.54) is 32.1 Å². The molecule has 1 unspecified atom stereocenters. The summed E-state index contributed by atoms with van der Waals surface area (Å²) in [7, 11) is 0. The predicted octanol–water partition coefficient (Wildman–Crippen LogP) is 21.3. The lowest BCUT2D eigenvalue weighted by Crippen LogP contribution is -2.30. The Hall–Kier alpha value is -5.49. The van der Waals surface area contributed by atoms with Crippen LogP contribution in [0.3, 0.4) is 0 Å². The fourth-order valence-corrected chi connectivity index (χ4v) is 7.62. The zero-order valence-electron chi connectivity index (χ0n) is 49.6. The molecule has 434 valence electrons. The smallest absolute Gasteiger partial charge is 0.310 e. The Morgan fingerprint density at radius 1 is 0.282 bits per heavy atom. The SMILES string of the molecule is CC/C=C\C/C=C\C/C=C\C/C=C\C/C=C\C/C=C\C/C=C\C/C=C\C/C=C\CCCCCCCC(=O)OCC(COC(=O)CCCCCCC/C=C\CCCCC)OC(=O)C/C=C\C/C=C\C/C=C\C/C=C\C/C=C\CC. The molecule has 0 saturated carbocycles. The fourth-order valence-electron chi connectivity index (χ4n) is 7.62. The van der Waals surface area contributed by atoms with Crippen LogP contribution in [0.25, 0.3) is 0 Å². The lowest BCUT2D eigenvalue weighted by molar-refractivity contribution is -0.166. The Labute approximate surface area is 478 Å². The second-order valence-electron chi connectivity index (χ2n) is 19.5. The Morgan fingerprint density at radius 2 is 0.538 bits per heavy atom. The van der Waals surface area contributed by atoms with Crippen LogP contribution in [0.5, 0.6) is 0 Å². The highest BCUT2D eigenvalue weighted by molar-refractivity contribution is 5.72. The number of ether oxygens (including phenoxy) is 3. The van der Waals surface area contributed by atoms with E-state index in [0.29, 0.717) is 19.3 Å². The van der Waals surface area contributed by atoms with Gasteiger partial charge in [0, 0.05) is 12.8 Å². The first kappa shape index (κ1) is 72.5. The minimum absolute atomic E-state index is 0.0819. The Kier molecular flexibility index (Phi) is 59.5. The molecule has 0 aromatic rings. The number of carbonyl (C=O) groups excluding carboxylic acids is 3. The first-order valence-corrected chi connectivity index (χ1v) is 30.8. The first-order valence-electron chi connectivity index (χ1n) is 30.8. The van der Waals surface area contributed by atoms with Crippen molar-refractivity contribution in [1.29, 1.82) is 0 Å². The molecule has 0 amide bonds. The van der Waals surface area contributed by atoms with E-state index in [1.807, 2.05) is 6.08 Å². The molecule has 6 nitrogen and oxygen atoms in total. The molecular weight excluding hydrogens is 961 g/mol. The molecular formula is C72H110O6. The second-order valence-corrected chi connectivity index (χ2v) is 19.5. The maximum atomic E-state index is 12.8. The number of carbonyl (C=O) groups is 3. The van der Waals surface area contributed by atoms with Crippen molar-refractivity contribution >= 4 is 17.9 Å². The van der Waals surface area contributed by atoms with Gasteiger partial charge in [-0.25, -0.2) is 0 Å². The zero-order chi connectivity index (χ0) is 56.4. The molecule has 78 heavy (non-hydrogen) atoms. The molecule has 0 aliphatic rings. The Morgan fingerprint density at radius 3 is 0.859 bits per heavy atom. The van der Waals surface area contributed by atoms with Gasteiger partial charge in [-0.05, 0) is 141 Å². The molecule has 6 heteroatoms. The van der Waals surface area contributed by atoms with Gasteiger partial charge >= 0.3 is 17.9 Å². The summed E-state index contributed by atoms with van der Waals surface area (Å²) in [6.45, 7) is 6.25. The van der Waals surface area contributed by atoms with Crippen LogP contribution in [0.15, 0.2) is 182 Å². The number of rotatable bonds is 53. The highest BCUT2D eigenvalue weighted by Crippen LogP contribution is 2.12. The maximum Gasteiger partial charge on any atom is 0.310 e. The summed E-state index contributed by atoms with van der Waals surface area (Å²) in [5, 5.41) is 0. The van der Waals surface area contributed by atoms with E-state index in [4.69, 9.17) is 14.2 Å². The number of unbranched alkanes of at least 4 members (excludes halogenated alkanes) is 13. The zero-order valence-corrected chi connectivity index (χ0v) is 49.6. The standard InChI is InChI=1S/C72H110O6/c1-4-7-10-13-16-19-22-25-27-28-29-30-31-32-33-34-35-36-37-38-39-40-41-42-43-44-46-47-50-53-56-59-62-65-71(74)77-68-69(67-76-70(73)64-61-58-55-52-49-24-21-18-15-12-9-6-3)78-72(75)66-63-60-57-54-51-48-45-26-23-20-17-14-11-8-5-2/h7-8,10-11,16-21,25-27,29-30,32-33,35-36,38-39,41-42,44-46,51,54,60,63,69H,4-6,9,12-15,22-24,28,31,34,37,40,43,47-50,52-53,55-59,61-62,64-68H2,1-3H3/b10-7-,11-8-,19-16-,20-17-,21-18-,27-25-,30-29-,33-32-,36-35-,39-38-,42-41-,45-26-,46-44-,54-51-,63-60-. The van der Waals surface area contributed by atoms with Crippen LogP contribution in [0.2, 0.25) is 0 Å². The molecule has 0 saturated heterocycles. The third-order valence-corrected chi connectivity index (χ3v) is 12.2. The van der Waals surface area contributed by atoms with Gasteiger partial charge in [-0.2, -0.15) is 0 Å². The van der Waals surface area contributed by atoms with Crippen molar-refractivity contribution in [3.05, 3.63) is 182 Å². The molecule has 0 aromatic carbocycles. The lowest BCUT2D eigenvalue weighted by atomic mass is 10.1. The molecule has 0 radical (unpaired) electrons. The average molecular weight is 1070 g/mol. The normalized spacial score (nSPS) is 13.4. The Bertz CT molecular complexity index is 1850. The number of hydrogen-bond acceptors (Lipinski definition) is 6. The monoisotopic (exact) mass is 1070 g/mol. The second kappa shape index (κ2) is 64.0.